The molecule has 0 saturated heterocycles. The number of para-hydroxylation sites is 1. The Morgan fingerprint density at radius 2 is 1.08 bits per heavy atom. The Bertz CT molecular complexity index is 380. The van der Waals surface area contributed by atoms with Gasteiger partial charge >= 0.3 is 0 Å². The van der Waals surface area contributed by atoms with Crippen LogP contribution in [-0.2, 0) is 0 Å². The van der Waals surface area contributed by atoms with Gasteiger partial charge in [-0.2, -0.15) is 0 Å². The molecule has 0 aromatic heterocycles. The quantitative estimate of drug-likeness (QED) is 0.291. The fourth-order valence-electron chi connectivity index (χ4n) is 3.91. The molecule has 0 aliphatic heterocycles. The zero-order valence-electron chi connectivity index (χ0n) is 17.5. The predicted octanol–water partition coefficient (Wildman–Crippen LogP) is 7.99. The van der Waals surface area contributed by atoms with Crippen LogP contribution in [0.25, 0.3) is 0 Å². The first-order valence-corrected chi connectivity index (χ1v) is 11.0. The minimum absolute atomic E-state index is 0.634. The standard InChI is InChI=1S/C24H43N/c1-5-7-9-11-14-18-22(3)25(24-20-16-13-17-21-24)23(4)19-15-12-10-8-6-2/h13,16-17,20-23H,5-12,14-15,18-19H2,1-4H3. The van der Waals surface area contributed by atoms with Crippen LogP contribution in [0.1, 0.15) is 105 Å². The third kappa shape index (κ3) is 9.33. The van der Waals surface area contributed by atoms with Crippen molar-refractivity contribution in [3.63, 3.8) is 0 Å². The monoisotopic (exact) mass is 345 g/mol. The smallest absolute Gasteiger partial charge is 0.0371 e. The first-order chi connectivity index (χ1) is 12.2. The van der Waals surface area contributed by atoms with Gasteiger partial charge in [0.05, 0.1) is 0 Å². The van der Waals surface area contributed by atoms with Gasteiger partial charge in [0.2, 0.25) is 0 Å². The second-order valence-electron chi connectivity index (χ2n) is 7.85. The maximum Gasteiger partial charge on any atom is 0.0371 e. The van der Waals surface area contributed by atoms with Crippen molar-refractivity contribution in [2.45, 2.75) is 117 Å². The summed E-state index contributed by atoms with van der Waals surface area (Å²) < 4.78 is 0. The zero-order valence-corrected chi connectivity index (χ0v) is 17.5. The molecule has 1 heteroatoms. The lowest BCUT2D eigenvalue weighted by Crippen LogP contribution is -2.40. The van der Waals surface area contributed by atoms with E-state index < -0.39 is 0 Å². The lowest BCUT2D eigenvalue weighted by Gasteiger charge is -2.37. The van der Waals surface area contributed by atoms with Crippen molar-refractivity contribution in [2.75, 3.05) is 4.90 Å². The number of benzene rings is 1. The summed E-state index contributed by atoms with van der Waals surface area (Å²) in [6.07, 6.45) is 16.4. The first kappa shape index (κ1) is 22.1. The van der Waals surface area contributed by atoms with Crippen LogP contribution in [0, 0.1) is 0 Å². The molecule has 1 aromatic rings. The average Bonchev–Trinajstić information content (AvgIpc) is 2.62. The van der Waals surface area contributed by atoms with Gasteiger partial charge < -0.3 is 4.90 Å². The molecule has 2 atom stereocenters. The van der Waals surface area contributed by atoms with E-state index in [9.17, 15) is 0 Å². The van der Waals surface area contributed by atoms with Gasteiger partial charge in [0.25, 0.3) is 0 Å². The van der Waals surface area contributed by atoms with E-state index in [1.807, 2.05) is 0 Å². The summed E-state index contributed by atoms with van der Waals surface area (Å²) in [4.78, 5) is 2.69. The lowest BCUT2D eigenvalue weighted by molar-refractivity contribution is 0.462. The molecule has 25 heavy (non-hydrogen) atoms. The molecule has 1 aromatic carbocycles. The molecule has 0 radical (unpaired) electrons. The Morgan fingerprint density at radius 1 is 0.640 bits per heavy atom. The van der Waals surface area contributed by atoms with Gasteiger partial charge in [-0.3, -0.25) is 0 Å². The molecular formula is C24H43N. The average molecular weight is 346 g/mol. The van der Waals surface area contributed by atoms with E-state index in [0.717, 1.165) is 0 Å². The van der Waals surface area contributed by atoms with Gasteiger partial charge in [0.15, 0.2) is 0 Å². The van der Waals surface area contributed by atoms with Crippen LogP contribution in [0.5, 0.6) is 0 Å². The van der Waals surface area contributed by atoms with Crippen LogP contribution in [0.4, 0.5) is 5.69 Å². The Kier molecular flexibility index (Phi) is 12.5. The van der Waals surface area contributed by atoms with Crippen LogP contribution in [0.2, 0.25) is 0 Å². The fourth-order valence-corrected chi connectivity index (χ4v) is 3.91. The number of nitrogens with zero attached hydrogens (tertiary/aromatic N) is 1. The second kappa shape index (κ2) is 14.2. The molecule has 0 spiro atoms. The van der Waals surface area contributed by atoms with Crippen LogP contribution < -0.4 is 4.90 Å². The Balaban J connectivity index is 2.54. The molecule has 0 fully saturated rings. The summed E-state index contributed by atoms with van der Waals surface area (Å²) in [5.74, 6) is 0. The third-order valence-electron chi connectivity index (χ3n) is 5.45. The lowest BCUT2D eigenvalue weighted by atomic mass is 10.0. The number of unbranched alkanes of at least 4 members (excludes halogenated alkanes) is 8. The van der Waals surface area contributed by atoms with Crippen LogP contribution in [-0.4, -0.2) is 12.1 Å². The maximum atomic E-state index is 2.69. The SMILES string of the molecule is CCCCCCCC(C)N(c1ccccc1)C(C)CCCCCCC. The molecular weight excluding hydrogens is 302 g/mol. The molecule has 2 unspecified atom stereocenters. The van der Waals surface area contributed by atoms with Crippen molar-refractivity contribution < 1.29 is 0 Å². The van der Waals surface area contributed by atoms with Gasteiger partial charge in [-0.15, -0.1) is 0 Å². The van der Waals surface area contributed by atoms with Crippen molar-refractivity contribution in [3.05, 3.63) is 30.3 Å². The summed E-state index contributed by atoms with van der Waals surface area (Å²) in [5, 5.41) is 0. The summed E-state index contributed by atoms with van der Waals surface area (Å²) in [6, 6.07) is 12.4. The van der Waals surface area contributed by atoms with E-state index in [2.05, 4.69) is 62.9 Å². The van der Waals surface area contributed by atoms with E-state index in [4.69, 9.17) is 0 Å². The van der Waals surface area contributed by atoms with E-state index in [1.165, 1.54) is 82.7 Å². The molecule has 0 saturated carbocycles. The van der Waals surface area contributed by atoms with Gasteiger partial charge in [-0.1, -0.05) is 96.3 Å². The minimum Gasteiger partial charge on any atom is -0.366 e. The fraction of sp³-hybridized carbons (Fsp3) is 0.750. The van der Waals surface area contributed by atoms with E-state index in [-0.39, 0.29) is 0 Å². The largest absolute Gasteiger partial charge is 0.366 e. The van der Waals surface area contributed by atoms with Crippen molar-refractivity contribution in [1.82, 2.24) is 0 Å². The highest BCUT2D eigenvalue weighted by Gasteiger charge is 2.20. The summed E-state index contributed by atoms with van der Waals surface area (Å²) in [7, 11) is 0. The molecule has 0 aliphatic rings. The molecule has 0 N–H and O–H groups in total. The Morgan fingerprint density at radius 3 is 1.52 bits per heavy atom. The van der Waals surface area contributed by atoms with Crippen molar-refractivity contribution >= 4 is 5.69 Å². The first-order valence-electron chi connectivity index (χ1n) is 11.0. The van der Waals surface area contributed by atoms with E-state index in [1.54, 1.807) is 0 Å². The normalized spacial score (nSPS) is 13.6. The molecule has 0 aliphatic carbocycles. The van der Waals surface area contributed by atoms with Crippen LogP contribution in [0.15, 0.2) is 30.3 Å². The van der Waals surface area contributed by atoms with Crippen molar-refractivity contribution in [2.24, 2.45) is 0 Å². The molecule has 0 amide bonds. The Labute approximate surface area is 158 Å². The number of anilines is 1. The van der Waals surface area contributed by atoms with E-state index in [0.29, 0.717) is 12.1 Å². The zero-order chi connectivity index (χ0) is 18.3. The molecule has 0 heterocycles. The summed E-state index contributed by atoms with van der Waals surface area (Å²) >= 11 is 0. The van der Waals surface area contributed by atoms with E-state index >= 15 is 0 Å². The molecule has 144 valence electrons. The second-order valence-corrected chi connectivity index (χ2v) is 7.85. The molecule has 1 nitrogen and oxygen atoms in total. The summed E-state index contributed by atoms with van der Waals surface area (Å²) in [5.41, 5.74) is 1.41. The maximum absolute atomic E-state index is 2.69. The minimum atomic E-state index is 0.634. The van der Waals surface area contributed by atoms with Crippen molar-refractivity contribution in [1.29, 1.82) is 0 Å². The van der Waals surface area contributed by atoms with Gasteiger partial charge in [-0.05, 0) is 38.8 Å². The highest BCUT2D eigenvalue weighted by molar-refractivity contribution is 5.47. The van der Waals surface area contributed by atoms with Crippen molar-refractivity contribution in [3.8, 4) is 0 Å². The predicted molar refractivity (Wildman–Crippen MR) is 115 cm³/mol. The molecule has 0 bridgehead atoms. The highest BCUT2D eigenvalue weighted by Crippen LogP contribution is 2.25. The van der Waals surface area contributed by atoms with Gasteiger partial charge in [0.1, 0.15) is 0 Å². The third-order valence-corrected chi connectivity index (χ3v) is 5.45. The Hall–Kier alpha value is -0.980. The van der Waals surface area contributed by atoms with Crippen LogP contribution in [0.3, 0.4) is 0 Å². The number of rotatable bonds is 15. The topological polar surface area (TPSA) is 3.24 Å². The highest BCUT2D eigenvalue weighted by atomic mass is 15.2. The number of hydrogen-bond acceptors (Lipinski definition) is 1. The van der Waals surface area contributed by atoms with Crippen LogP contribution >= 0.6 is 0 Å². The summed E-state index contributed by atoms with van der Waals surface area (Å²) in [6.45, 7) is 9.45. The number of hydrogen-bond donors (Lipinski definition) is 0. The van der Waals surface area contributed by atoms with Gasteiger partial charge in [-0.25, -0.2) is 0 Å². The molecule has 1 rings (SSSR count). The van der Waals surface area contributed by atoms with Gasteiger partial charge in [0, 0.05) is 17.8 Å².